The van der Waals surface area contributed by atoms with Crippen molar-refractivity contribution in [1.29, 1.82) is 0 Å². The summed E-state index contributed by atoms with van der Waals surface area (Å²) in [5.41, 5.74) is 3.65. The van der Waals surface area contributed by atoms with E-state index in [2.05, 4.69) is 34.1 Å². The fourth-order valence-corrected chi connectivity index (χ4v) is 4.48. The zero-order chi connectivity index (χ0) is 17.2. The summed E-state index contributed by atoms with van der Waals surface area (Å²) in [6, 6.07) is 12.9. The number of nitrogens with zero attached hydrogens (tertiary/aromatic N) is 3. The zero-order valence-electron chi connectivity index (χ0n) is 14.5. The SMILES string of the molecule is CSc1ncccc1C(=O)N1CCC(N2CCc3ccccc3C2)C1. The third-order valence-corrected chi connectivity index (χ3v) is 6.03. The van der Waals surface area contributed by atoms with Gasteiger partial charge in [0, 0.05) is 38.4 Å². The molecular formula is C20H23N3OS. The summed E-state index contributed by atoms with van der Waals surface area (Å²) in [4.78, 5) is 21.8. The van der Waals surface area contributed by atoms with E-state index in [0.29, 0.717) is 6.04 Å². The van der Waals surface area contributed by atoms with Crippen LogP contribution < -0.4 is 0 Å². The number of amides is 1. The molecule has 1 unspecified atom stereocenters. The van der Waals surface area contributed by atoms with Crippen LogP contribution in [0.25, 0.3) is 0 Å². The van der Waals surface area contributed by atoms with Gasteiger partial charge in [-0.15, -0.1) is 11.8 Å². The Labute approximate surface area is 153 Å². The number of thioether (sulfide) groups is 1. The fraction of sp³-hybridized carbons (Fsp3) is 0.400. The van der Waals surface area contributed by atoms with E-state index in [-0.39, 0.29) is 5.91 Å². The highest BCUT2D eigenvalue weighted by atomic mass is 32.2. The standard InChI is InChI=1S/C20H23N3OS/c1-25-19-18(7-4-10-21-19)20(24)23-12-9-17(14-23)22-11-8-15-5-2-3-6-16(15)13-22/h2-7,10,17H,8-9,11-14H2,1H3. The topological polar surface area (TPSA) is 36.4 Å². The van der Waals surface area contributed by atoms with E-state index >= 15 is 0 Å². The molecule has 3 heterocycles. The number of rotatable bonds is 3. The van der Waals surface area contributed by atoms with Crippen molar-refractivity contribution >= 4 is 17.7 Å². The minimum atomic E-state index is 0.123. The van der Waals surface area contributed by atoms with Crippen LogP contribution in [0.3, 0.4) is 0 Å². The van der Waals surface area contributed by atoms with E-state index in [9.17, 15) is 4.79 Å². The molecule has 1 saturated heterocycles. The summed E-state index contributed by atoms with van der Waals surface area (Å²) >= 11 is 1.53. The second kappa shape index (κ2) is 7.18. The van der Waals surface area contributed by atoms with Gasteiger partial charge in [0.1, 0.15) is 5.03 Å². The van der Waals surface area contributed by atoms with E-state index in [1.807, 2.05) is 23.3 Å². The van der Waals surface area contributed by atoms with Gasteiger partial charge in [-0.25, -0.2) is 4.98 Å². The lowest BCUT2D eigenvalue weighted by Gasteiger charge is -2.33. The van der Waals surface area contributed by atoms with Crippen LogP contribution in [0.4, 0.5) is 0 Å². The van der Waals surface area contributed by atoms with Crippen LogP contribution in [0.1, 0.15) is 27.9 Å². The van der Waals surface area contributed by atoms with Gasteiger partial charge in [-0.2, -0.15) is 0 Å². The highest BCUT2D eigenvalue weighted by Crippen LogP contribution is 2.26. The summed E-state index contributed by atoms with van der Waals surface area (Å²) in [5.74, 6) is 0.123. The van der Waals surface area contributed by atoms with Gasteiger partial charge in [-0.3, -0.25) is 9.69 Å². The first-order chi connectivity index (χ1) is 12.3. The smallest absolute Gasteiger partial charge is 0.256 e. The molecule has 1 aromatic carbocycles. The molecule has 2 aromatic rings. The van der Waals surface area contributed by atoms with Gasteiger partial charge >= 0.3 is 0 Å². The number of carbonyl (C=O) groups is 1. The molecule has 1 fully saturated rings. The third-order valence-electron chi connectivity index (χ3n) is 5.32. The summed E-state index contributed by atoms with van der Waals surface area (Å²) in [5, 5.41) is 0.822. The molecule has 25 heavy (non-hydrogen) atoms. The first-order valence-corrected chi connectivity index (χ1v) is 10.1. The molecule has 1 atom stereocenters. The molecule has 0 N–H and O–H groups in total. The van der Waals surface area contributed by atoms with Gasteiger partial charge in [-0.05, 0) is 42.4 Å². The Bertz CT molecular complexity index is 779. The molecule has 0 aliphatic carbocycles. The summed E-state index contributed by atoms with van der Waals surface area (Å²) < 4.78 is 0. The monoisotopic (exact) mass is 353 g/mol. The lowest BCUT2D eigenvalue weighted by molar-refractivity contribution is 0.0769. The van der Waals surface area contributed by atoms with Crippen LogP contribution >= 0.6 is 11.8 Å². The molecule has 5 heteroatoms. The highest BCUT2D eigenvalue weighted by Gasteiger charge is 2.33. The molecule has 2 aliphatic heterocycles. The number of carbonyl (C=O) groups excluding carboxylic acids is 1. The van der Waals surface area contributed by atoms with Gasteiger partial charge in [0.25, 0.3) is 5.91 Å². The van der Waals surface area contributed by atoms with E-state index in [4.69, 9.17) is 0 Å². The number of aromatic nitrogens is 1. The van der Waals surface area contributed by atoms with Gasteiger partial charge in [0.15, 0.2) is 0 Å². The Morgan fingerprint density at radius 1 is 1.16 bits per heavy atom. The summed E-state index contributed by atoms with van der Waals surface area (Å²) in [6.45, 7) is 3.76. The molecule has 4 nitrogen and oxygen atoms in total. The summed E-state index contributed by atoms with van der Waals surface area (Å²) in [7, 11) is 0. The lowest BCUT2D eigenvalue weighted by atomic mass is 9.98. The molecule has 0 saturated carbocycles. The van der Waals surface area contributed by atoms with E-state index < -0.39 is 0 Å². The molecular weight excluding hydrogens is 330 g/mol. The third kappa shape index (κ3) is 3.31. The van der Waals surface area contributed by atoms with Crippen molar-refractivity contribution < 1.29 is 4.79 Å². The van der Waals surface area contributed by atoms with Gasteiger partial charge < -0.3 is 4.90 Å². The van der Waals surface area contributed by atoms with E-state index in [1.54, 1.807) is 6.20 Å². The summed E-state index contributed by atoms with van der Waals surface area (Å²) in [6.07, 6.45) is 5.89. The van der Waals surface area contributed by atoms with Crippen molar-refractivity contribution in [3.05, 3.63) is 59.3 Å². The van der Waals surface area contributed by atoms with Crippen LogP contribution in [0.5, 0.6) is 0 Å². The molecule has 0 radical (unpaired) electrons. The number of benzene rings is 1. The van der Waals surface area contributed by atoms with Crippen molar-refractivity contribution in [2.45, 2.75) is 30.5 Å². The van der Waals surface area contributed by atoms with Crippen LogP contribution in [-0.2, 0) is 13.0 Å². The average molecular weight is 353 g/mol. The Morgan fingerprint density at radius 3 is 2.84 bits per heavy atom. The predicted molar refractivity (Wildman–Crippen MR) is 101 cm³/mol. The average Bonchev–Trinajstić information content (AvgIpc) is 3.17. The van der Waals surface area contributed by atoms with Gasteiger partial charge in [0.05, 0.1) is 5.56 Å². The van der Waals surface area contributed by atoms with Crippen molar-refractivity contribution in [2.75, 3.05) is 25.9 Å². The number of hydrogen-bond acceptors (Lipinski definition) is 4. The van der Waals surface area contributed by atoms with Crippen LogP contribution in [0.2, 0.25) is 0 Å². The number of pyridine rings is 1. The molecule has 4 rings (SSSR count). The Hall–Kier alpha value is -1.85. The number of likely N-dealkylation sites (tertiary alicyclic amines) is 1. The van der Waals surface area contributed by atoms with Crippen molar-refractivity contribution in [3.63, 3.8) is 0 Å². The van der Waals surface area contributed by atoms with Crippen molar-refractivity contribution in [2.24, 2.45) is 0 Å². The first-order valence-electron chi connectivity index (χ1n) is 8.85. The Balaban J connectivity index is 1.44. The van der Waals surface area contributed by atoms with Gasteiger partial charge in [-0.1, -0.05) is 24.3 Å². The van der Waals surface area contributed by atoms with Gasteiger partial charge in [0.2, 0.25) is 0 Å². The maximum Gasteiger partial charge on any atom is 0.256 e. The second-order valence-corrected chi connectivity index (χ2v) is 7.54. The molecule has 0 bridgehead atoms. The number of hydrogen-bond donors (Lipinski definition) is 0. The van der Waals surface area contributed by atoms with Crippen molar-refractivity contribution in [3.8, 4) is 0 Å². The second-order valence-electron chi connectivity index (χ2n) is 6.74. The van der Waals surface area contributed by atoms with E-state index in [0.717, 1.165) is 49.6 Å². The Kier molecular flexibility index (Phi) is 4.77. The Morgan fingerprint density at radius 2 is 2.00 bits per heavy atom. The largest absolute Gasteiger partial charge is 0.337 e. The lowest BCUT2D eigenvalue weighted by Crippen LogP contribution is -2.41. The predicted octanol–water partition coefficient (Wildman–Crippen LogP) is 3.08. The fourth-order valence-electron chi connectivity index (χ4n) is 3.94. The highest BCUT2D eigenvalue weighted by molar-refractivity contribution is 7.98. The molecule has 130 valence electrons. The molecule has 1 amide bonds. The van der Waals surface area contributed by atoms with E-state index in [1.165, 1.54) is 22.9 Å². The normalized spacial score (nSPS) is 20.5. The quantitative estimate of drug-likeness (QED) is 0.795. The minimum Gasteiger partial charge on any atom is -0.337 e. The number of fused-ring (bicyclic) bond motifs is 1. The molecule has 1 aromatic heterocycles. The van der Waals surface area contributed by atoms with Crippen LogP contribution in [-0.4, -0.2) is 52.6 Å². The minimum absolute atomic E-state index is 0.123. The zero-order valence-corrected chi connectivity index (χ0v) is 15.3. The van der Waals surface area contributed by atoms with Crippen molar-refractivity contribution in [1.82, 2.24) is 14.8 Å². The van der Waals surface area contributed by atoms with Crippen LogP contribution in [0, 0.1) is 0 Å². The first kappa shape index (κ1) is 16.6. The maximum atomic E-state index is 12.9. The maximum absolute atomic E-state index is 12.9. The molecule has 0 spiro atoms. The van der Waals surface area contributed by atoms with Crippen LogP contribution in [0.15, 0.2) is 47.6 Å². The molecule has 2 aliphatic rings.